The molecule has 1 heterocycles. The van der Waals surface area contributed by atoms with Crippen molar-refractivity contribution < 1.29 is 19.5 Å². The molecule has 0 saturated carbocycles. The molecule has 2 amide bonds. The van der Waals surface area contributed by atoms with Crippen LogP contribution in [0.2, 0.25) is 0 Å². The van der Waals surface area contributed by atoms with Crippen LogP contribution in [0.4, 0.5) is 11.4 Å². The van der Waals surface area contributed by atoms with Crippen LogP contribution in [0.3, 0.4) is 0 Å². The molecule has 0 radical (unpaired) electrons. The number of anilines is 2. The number of carbonyl (C=O) groups excluding carboxylic acids is 2. The first-order valence-corrected chi connectivity index (χ1v) is 10.2. The van der Waals surface area contributed by atoms with Crippen molar-refractivity contribution in [2.24, 2.45) is 5.92 Å². The second kappa shape index (κ2) is 10.8. The molecule has 1 aliphatic heterocycles. The Morgan fingerprint density at radius 1 is 1.14 bits per heavy atom. The number of hydrogen-bond acceptors (Lipinski definition) is 5. The molecule has 8 nitrogen and oxygen atoms in total. The van der Waals surface area contributed by atoms with Gasteiger partial charge in [-0.2, -0.15) is 0 Å². The van der Waals surface area contributed by atoms with Crippen LogP contribution >= 0.6 is 0 Å². The van der Waals surface area contributed by atoms with Crippen molar-refractivity contribution in [3.63, 3.8) is 0 Å². The lowest BCUT2D eigenvalue weighted by molar-refractivity contribution is -0.122. The summed E-state index contributed by atoms with van der Waals surface area (Å²) in [7, 11) is 0. The van der Waals surface area contributed by atoms with Gasteiger partial charge in [0.2, 0.25) is 11.8 Å². The van der Waals surface area contributed by atoms with E-state index in [1.54, 1.807) is 26.0 Å². The molecule has 160 valence electrons. The van der Waals surface area contributed by atoms with Crippen molar-refractivity contribution in [3.8, 4) is 0 Å². The Labute approximate surface area is 172 Å². The topological polar surface area (TPSA) is 102 Å². The van der Waals surface area contributed by atoms with Crippen molar-refractivity contribution in [3.05, 3.63) is 23.8 Å². The number of nitrogens with one attached hydrogen (secondary N) is 2. The van der Waals surface area contributed by atoms with E-state index >= 15 is 0 Å². The van der Waals surface area contributed by atoms with Crippen LogP contribution in [0.1, 0.15) is 44.0 Å². The molecule has 1 aromatic rings. The van der Waals surface area contributed by atoms with E-state index in [9.17, 15) is 19.5 Å². The molecule has 0 unspecified atom stereocenters. The van der Waals surface area contributed by atoms with Crippen LogP contribution < -0.4 is 15.5 Å². The number of piperazine rings is 1. The lowest BCUT2D eigenvalue weighted by atomic mass is 10.1. The van der Waals surface area contributed by atoms with Gasteiger partial charge in [0.1, 0.15) is 0 Å². The van der Waals surface area contributed by atoms with Gasteiger partial charge in [-0.15, -0.1) is 0 Å². The molecule has 1 fully saturated rings. The van der Waals surface area contributed by atoms with Gasteiger partial charge in [-0.1, -0.05) is 27.2 Å². The van der Waals surface area contributed by atoms with Crippen molar-refractivity contribution >= 4 is 29.2 Å². The molecule has 0 bridgehead atoms. The summed E-state index contributed by atoms with van der Waals surface area (Å²) < 4.78 is 0. The van der Waals surface area contributed by atoms with Crippen LogP contribution in [0.25, 0.3) is 0 Å². The molecule has 0 aromatic heterocycles. The molecule has 1 aliphatic rings. The second-order valence-electron chi connectivity index (χ2n) is 7.65. The van der Waals surface area contributed by atoms with Gasteiger partial charge in [0.15, 0.2) is 0 Å². The Bertz CT molecular complexity index is 727. The summed E-state index contributed by atoms with van der Waals surface area (Å²) in [5, 5.41) is 15.2. The quantitative estimate of drug-likeness (QED) is 0.544. The zero-order valence-corrected chi connectivity index (χ0v) is 17.5. The molecule has 1 aromatic carbocycles. The first-order chi connectivity index (χ1) is 13.8. The fourth-order valence-electron chi connectivity index (χ4n) is 3.12. The Morgan fingerprint density at radius 3 is 2.41 bits per heavy atom. The van der Waals surface area contributed by atoms with E-state index < -0.39 is 5.97 Å². The third kappa shape index (κ3) is 6.74. The minimum absolute atomic E-state index is 0.0466. The van der Waals surface area contributed by atoms with Gasteiger partial charge in [0.05, 0.1) is 17.8 Å². The van der Waals surface area contributed by atoms with Gasteiger partial charge < -0.3 is 20.6 Å². The normalized spacial score (nSPS) is 14.7. The lowest BCUT2D eigenvalue weighted by Gasteiger charge is -2.36. The zero-order chi connectivity index (χ0) is 21.4. The van der Waals surface area contributed by atoms with Crippen molar-refractivity contribution in [1.82, 2.24) is 10.2 Å². The van der Waals surface area contributed by atoms with Gasteiger partial charge >= 0.3 is 5.97 Å². The Balaban J connectivity index is 1.96. The van der Waals surface area contributed by atoms with Crippen molar-refractivity contribution in [2.45, 2.75) is 33.6 Å². The summed E-state index contributed by atoms with van der Waals surface area (Å²) in [6.45, 7) is 9.58. The molecule has 0 atom stereocenters. The van der Waals surface area contributed by atoms with Gasteiger partial charge in [0, 0.05) is 44.3 Å². The monoisotopic (exact) mass is 404 g/mol. The van der Waals surface area contributed by atoms with Gasteiger partial charge in [0.25, 0.3) is 0 Å². The number of unbranched alkanes of at least 4 members (excludes halogenated alkanes) is 1. The molecule has 0 aliphatic carbocycles. The number of carboxylic acids is 1. The number of benzene rings is 1. The van der Waals surface area contributed by atoms with Crippen molar-refractivity contribution in [1.29, 1.82) is 0 Å². The number of carbonyl (C=O) groups is 3. The summed E-state index contributed by atoms with van der Waals surface area (Å²) in [5.41, 5.74) is 1.19. The Kier molecular flexibility index (Phi) is 8.45. The summed E-state index contributed by atoms with van der Waals surface area (Å²) >= 11 is 0. The smallest absolute Gasteiger partial charge is 0.337 e. The average Bonchev–Trinajstić information content (AvgIpc) is 2.69. The van der Waals surface area contributed by atoms with E-state index in [1.807, 2.05) is 6.07 Å². The molecular formula is C21H32N4O4. The summed E-state index contributed by atoms with van der Waals surface area (Å²) in [6.07, 6.45) is 2.04. The van der Waals surface area contributed by atoms with Crippen LogP contribution in [-0.4, -0.2) is 67.1 Å². The van der Waals surface area contributed by atoms with Crippen LogP contribution in [0, 0.1) is 5.92 Å². The Morgan fingerprint density at radius 2 is 1.83 bits per heavy atom. The SMILES string of the molecule is CCCCNC(=O)CN1CCN(c2ccc(NC(=O)C(C)C)c(C(=O)O)c2)CC1. The van der Waals surface area contributed by atoms with E-state index in [0.29, 0.717) is 31.9 Å². The maximum absolute atomic E-state index is 12.0. The molecule has 29 heavy (non-hydrogen) atoms. The second-order valence-corrected chi connectivity index (χ2v) is 7.65. The predicted octanol–water partition coefficient (Wildman–Crippen LogP) is 2.02. The van der Waals surface area contributed by atoms with E-state index in [4.69, 9.17) is 0 Å². The number of carboxylic acid groups (broad SMARTS) is 1. The predicted molar refractivity (Wildman–Crippen MR) is 113 cm³/mol. The molecule has 8 heteroatoms. The first-order valence-electron chi connectivity index (χ1n) is 10.2. The highest BCUT2D eigenvalue weighted by Gasteiger charge is 2.21. The number of hydrogen-bond donors (Lipinski definition) is 3. The van der Waals surface area contributed by atoms with Gasteiger partial charge in [-0.05, 0) is 24.6 Å². The third-order valence-corrected chi connectivity index (χ3v) is 4.97. The van der Waals surface area contributed by atoms with E-state index in [-0.39, 0.29) is 23.3 Å². The molecule has 3 N–H and O–H groups in total. The number of amides is 2. The first kappa shape index (κ1) is 22.7. The van der Waals surface area contributed by atoms with E-state index in [0.717, 1.165) is 31.6 Å². The fourth-order valence-corrected chi connectivity index (χ4v) is 3.12. The average molecular weight is 405 g/mol. The zero-order valence-electron chi connectivity index (χ0n) is 17.5. The van der Waals surface area contributed by atoms with Crippen LogP contribution in [0.5, 0.6) is 0 Å². The summed E-state index contributed by atoms with van der Waals surface area (Å²) in [5.74, 6) is -1.48. The lowest BCUT2D eigenvalue weighted by Crippen LogP contribution is -2.49. The minimum atomic E-state index is -1.08. The van der Waals surface area contributed by atoms with Crippen LogP contribution in [-0.2, 0) is 9.59 Å². The highest BCUT2D eigenvalue weighted by atomic mass is 16.4. The summed E-state index contributed by atoms with van der Waals surface area (Å²) in [4.78, 5) is 39.8. The largest absolute Gasteiger partial charge is 0.478 e. The molecule has 1 saturated heterocycles. The van der Waals surface area contributed by atoms with Gasteiger partial charge in [-0.25, -0.2) is 4.79 Å². The highest BCUT2D eigenvalue weighted by Crippen LogP contribution is 2.25. The third-order valence-electron chi connectivity index (χ3n) is 4.97. The minimum Gasteiger partial charge on any atom is -0.478 e. The molecular weight excluding hydrogens is 372 g/mol. The van der Waals surface area contributed by atoms with Crippen LogP contribution in [0.15, 0.2) is 18.2 Å². The molecule has 2 rings (SSSR count). The fraction of sp³-hybridized carbons (Fsp3) is 0.571. The Hall–Kier alpha value is -2.61. The standard InChI is InChI=1S/C21H32N4O4/c1-4-5-8-22-19(26)14-24-9-11-25(12-10-24)16-6-7-18(17(13-16)21(28)29)23-20(27)15(2)3/h6-7,13,15H,4-5,8-12,14H2,1-3H3,(H,22,26)(H,23,27)(H,28,29). The van der Waals surface area contributed by atoms with E-state index in [1.165, 1.54) is 0 Å². The number of nitrogens with zero attached hydrogens (tertiary/aromatic N) is 2. The maximum Gasteiger partial charge on any atom is 0.337 e. The highest BCUT2D eigenvalue weighted by molar-refractivity contribution is 6.01. The van der Waals surface area contributed by atoms with Gasteiger partial charge in [-0.3, -0.25) is 14.5 Å². The molecule has 0 spiro atoms. The number of aromatic carboxylic acids is 1. The van der Waals surface area contributed by atoms with E-state index in [2.05, 4.69) is 27.4 Å². The van der Waals surface area contributed by atoms with Crippen molar-refractivity contribution in [2.75, 3.05) is 49.5 Å². The summed E-state index contributed by atoms with van der Waals surface area (Å²) in [6, 6.07) is 5.08. The maximum atomic E-state index is 12.0. The number of rotatable bonds is 9.